The highest BCUT2D eigenvalue weighted by Gasteiger charge is 2.40. The number of para-hydroxylation sites is 2. The lowest BCUT2D eigenvalue weighted by molar-refractivity contribution is -0.139. The predicted octanol–water partition coefficient (Wildman–Crippen LogP) is 4.84. The first-order valence-corrected chi connectivity index (χ1v) is 20.7. The highest BCUT2D eigenvalue weighted by molar-refractivity contribution is 7.90. The minimum absolute atomic E-state index is 0.0781. The van der Waals surface area contributed by atoms with Crippen LogP contribution in [0, 0.1) is 17.3 Å². The molecule has 1 aromatic heterocycles. The molecule has 304 valence electrons. The summed E-state index contributed by atoms with van der Waals surface area (Å²) in [6.07, 6.45) is 3.79. The normalized spacial score (nSPS) is 16.6. The van der Waals surface area contributed by atoms with Gasteiger partial charge in [-0.2, -0.15) is 0 Å². The van der Waals surface area contributed by atoms with Crippen molar-refractivity contribution in [3.8, 4) is 11.3 Å². The van der Waals surface area contributed by atoms with Crippen molar-refractivity contribution in [3.63, 3.8) is 0 Å². The molecule has 1 saturated heterocycles. The zero-order valence-electron chi connectivity index (χ0n) is 33.2. The van der Waals surface area contributed by atoms with Crippen molar-refractivity contribution in [2.75, 3.05) is 19.7 Å². The van der Waals surface area contributed by atoms with Crippen LogP contribution >= 0.6 is 0 Å². The van der Waals surface area contributed by atoms with Crippen molar-refractivity contribution in [2.45, 2.75) is 97.4 Å². The molecule has 5 rings (SSSR count). The predicted molar refractivity (Wildman–Crippen MR) is 216 cm³/mol. The summed E-state index contributed by atoms with van der Waals surface area (Å²) in [4.78, 5) is 73.4. The zero-order chi connectivity index (χ0) is 41.2. The van der Waals surface area contributed by atoms with E-state index in [1.54, 1.807) is 13.0 Å². The monoisotopic (exact) mass is 792 g/mol. The molecule has 1 aliphatic heterocycles. The average Bonchev–Trinajstić information content (AvgIpc) is 3.91. The number of aryl methyl sites for hydroxylation is 1. The number of aromatic amines is 1. The van der Waals surface area contributed by atoms with Gasteiger partial charge in [0.2, 0.25) is 21.8 Å². The highest BCUT2D eigenvalue weighted by atomic mass is 32.2. The lowest BCUT2D eigenvalue weighted by Crippen LogP contribution is -2.56. The number of hydrogen-bond acceptors (Lipinski definition) is 9. The molecule has 2 aliphatic rings. The third kappa shape index (κ3) is 12.5. The van der Waals surface area contributed by atoms with Gasteiger partial charge < -0.3 is 25.3 Å². The van der Waals surface area contributed by atoms with Crippen LogP contribution in [-0.2, 0) is 35.6 Å². The fourth-order valence-electron chi connectivity index (χ4n) is 6.04. The summed E-state index contributed by atoms with van der Waals surface area (Å²) in [5, 5.41) is 4.47. The molecule has 0 radical (unpaired) electrons. The fourth-order valence-corrected chi connectivity index (χ4v) is 7.37. The maximum Gasteiger partial charge on any atom is 0.407 e. The lowest BCUT2D eigenvalue weighted by atomic mass is 9.87. The Balaban J connectivity index is 0.00000166. The number of ether oxygens (including phenoxy) is 1. The average molecular weight is 793 g/mol. The number of sulfonamides is 1. The molecule has 2 fully saturated rings. The number of fused-ring (bicyclic) bond motifs is 1. The quantitative estimate of drug-likeness (QED) is 0.156. The molecule has 2 heterocycles. The number of nitrogens with one attached hydrogen (secondary N) is 4. The Labute approximate surface area is 329 Å². The van der Waals surface area contributed by atoms with Crippen LogP contribution in [0.5, 0.6) is 0 Å². The van der Waals surface area contributed by atoms with E-state index in [4.69, 9.17) is 4.74 Å². The van der Waals surface area contributed by atoms with Crippen LogP contribution < -0.4 is 20.9 Å². The smallest absolute Gasteiger partial charge is 0.407 e. The summed E-state index contributed by atoms with van der Waals surface area (Å²) in [6.45, 7) is 15.7. The van der Waals surface area contributed by atoms with E-state index >= 15 is 0 Å². The zero-order valence-corrected chi connectivity index (χ0v) is 34.0. The van der Waals surface area contributed by atoms with E-state index in [2.05, 4.69) is 52.7 Å². The van der Waals surface area contributed by atoms with Gasteiger partial charge in [0.15, 0.2) is 0 Å². The third-order valence-electron chi connectivity index (χ3n) is 9.43. The summed E-state index contributed by atoms with van der Waals surface area (Å²) in [7, 11) is -3.83. The van der Waals surface area contributed by atoms with Crippen molar-refractivity contribution < 1.29 is 32.3 Å². The van der Waals surface area contributed by atoms with E-state index in [9.17, 15) is 32.4 Å². The van der Waals surface area contributed by atoms with Crippen LogP contribution in [0.3, 0.4) is 0 Å². The molecule has 56 heavy (non-hydrogen) atoms. The van der Waals surface area contributed by atoms with Gasteiger partial charge in [-0.25, -0.2) is 18.2 Å². The van der Waals surface area contributed by atoms with Gasteiger partial charge in [-0.05, 0) is 73.6 Å². The Morgan fingerprint density at radius 3 is 2.43 bits per heavy atom. The Bertz CT molecular complexity index is 2060. The summed E-state index contributed by atoms with van der Waals surface area (Å²) < 4.78 is 32.2. The number of nitrogens with zero attached hydrogens (tertiary/aromatic N) is 2. The number of H-pyrrole nitrogens is 1. The number of amides is 4. The van der Waals surface area contributed by atoms with Crippen LogP contribution in [0.2, 0.25) is 0 Å². The van der Waals surface area contributed by atoms with Crippen LogP contribution in [-0.4, -0.2) is 84.1 Å². The number of rotatable bonds is 15. The van der Waals surface area contributed by atoms with Gasteiger partial charge >= 0.3 is 6.09 Å². The first-order chi connectivity index (χ1) is 26.4. The Morgan fingerprint density at radius 2 is 1.75 bits per heavy atom. The standard InChI is InChI=1S/C37H46N6O8S.C4H10/c1-5-23(2)31(35(47)42-52(49,50)26-15-16-26)41-33(45)29-14-9-19-43(29)30(44)21-38-36(48)51-22-37(3,4)18-17-24-10-8-11-25(20-24)32-34(46)40-28-13-7-6-12-27(28)39-32;1-4(2)3/h5-8,10-13,20,23,26,29,31H,1,9,14-19,21-22H2,2-4H3,(H,38,48)(H,40,46)(H,41,45)(H,42,47);4H,1-3H3. The molecule has 0 spiro atoms. The van der Waals surface area contributed by atoms with Crippen LogP contribution in [0.15, 0.2) is 66.0 Å². The number of benzene rings is 2. The number of carbonyl (C=O) groups is 4. The SMILES string of the molecule is C=CC(C)C(NC(=O)C1CCCN1C(=O)CNC(=O)OCC(C)(C)CCc1cccc(-c2nc3ccccc3[nH]c2=O)c1)C(=O)NS(=O)(=O)C1CC1.CC(C)C. The number of aromatic nitrogens is 2. The topological polar surface area (TPSA) is 197 Å². The van der Waals surface area contributed by atoms with Gasteiger partial charge in [-0.1, -0.05) is 78.0 Å². The van der Waals surface area contributed by atoms with E-state index in [0.29, 0.717) is 60.8 Å². The molecule has 15 heteroatoms. The lowest BCUT2D eigenvalue weighted by Gasteiger charge is -2.28. The van der Waals surface area contributed by atoms with Crippen molar-refractivity contribution in [1.29, 1.82) is 0 Å². The van der Waals surface area contributed by atoms with E-state index in [1.807, 2.05) is 56.3 Å². The highest BCUT2D eigenvalue weighted by Crippen LogP contribution is 2.28. The number of carbonyl (C=O) groups excluding carboxylic acids is 4. The summed E-state index contributed by atoms with van der Waals surface area (Å²) in [5.74, 6) is -1.71. The van der Waals surface area contributed by atoms with E-state index in [0.717, 1.165) is 11.5 Å². The number of alkyl carbamates (subject to hydrolysis) is 1. The third-order valence-corrected chi connectivity index (χ3v) is 11.3. The summed E-state index contributed by atoms with van der Waals surface area (Å²) >= 11 is 0. The maximum atomic E-state index is 13.3. The van der Waals surface area contributed by atoms with Crippen LogP contribution in [0.1, 0.15) is 79.2 Å². The number of hydrogen-bond donors (Lipinski definition) is 4. The molecule has 4 N–H and O–H groups in total. The molecule has 14 nitrogen and oxygen atoms in total. The molecular formula is C41H56N6O8S. The second-order valence-electron chi connectivity index (χ2n) is 16.0. The molecule has 3 aromatic rings. The summed E-state index contributed by atoms with van der Waals surface area (Å²) in [6, 6.07) is 12.9. The van der Waals surface area contributed by atoms with Crippen molar-refractivity contribution in [1.82, 2.24) is 30.2 Å². The minimum atomic E-state index is -3.83. The fraction of sp³-hybridized carbons (Fsp3) is 0.512. The van der Waals surface area contributed by atoms with Gasteiger partial charge in [-0.3, -0.25) is 23.9 Å². The molecule has 3 atom stereocenters. The van der Waals surface area contributed by atoms with Crippen molar-refractivity contribution in [3.05, 3.63) is 77.1 Å². The first-order valence-electron chi connectivity index (χ1n) is 19.2. The molecule has 2 aromatic carbocycles. The Morgan fingerprint density at radius 1 is 1.05 bits per heavy atom. The number of likely N-dealkylation sites (tertiary alicyclic amines) is 1. The van der Waals surface area contributed by atoms with Gasteiger partial charge in [0.25, 0.3) is 11.5 Å². The second kappa shape index (κ2) is 19.2. The van der Waals surface area contributed by atoms with Gasteiger partial charge in [0, 0.05) is 18.0 Å². The summed E-state index contributed by atoms with van der Waals surface area (Å²) in [5.41, 5.74) is 2.71. The van der Waals surface area contributed by atoms with Crippen molar-refractivity contribution >= 4 is 44.9 Å². The van der Waals surface area contributed by atoms with E-state index in [-0.39, 0.29) is 18.7 Å². The van der Waals surface area contributed by atoms with Gasteiger partial charge in [0.1, 0.15) is 24.3 Å². The molecule has 4 amide bonds. The van der Waals surface area contributed by atoms with E-state index < -0.39 is 69.0 Å². The van der Waals surface area contributed by atoms with Gasteiger partial charge in [0.05, 0.1) is 22.9 Å². The Hall–Kier alpha value is -5.05. The molecule has 1 aliphatic carbocycles. The second-order valence-corrected chi connectivity index (χ2v) is 18.0. The molecule has 1 saturated carbocycles. The first kappa shape index (κ1) is 43.7. The van der Waals surface area contributed by atoms with Crippen LogP contribution in [0.4, 0.5) is 4.79 Å². The van der Waals surface area contributed by atoms with Crippen LogP contribution in [0.25, 0.3) is 22.3 Å². The molecular weight excluding hydrogens is 737 g/mol. The van der Waals surface area contributed by atoms with E-state index in [1.165, 1.54) is 11.0 Å². The largest absolute Gasteiger partial charge is 0.449 e. The maximum absolute atomic E-state index is 13.3. The van der Waals surface area contributed by atoms with Gasteiger partial charge in [-0.15, -0.1) is 6.58 Å². The molecule has 3 unspecified atom stereocenters. The Kier molecular flexibility index (Phi) is 15.0. The minimum Gasteiger partial charge on any atom is -0.449 e. The van der Waals surface area contributed by atoms with Crippen molar-refractivity contribution in [2.24, 2.45) is 17.3 Å². The molecule has 0 bridgehead atoms.